The van der Waals surface area contributed by atoms with Gasteiger partial charge in [-0.05, 0) is 24.6 Å². The summed E-state index contributed by atoms with van der Waals surface area (Å²) < 4.78 is 5.17. The van der Waals surface area contributed by atoms with Crippen LogP contribution in [0.25, 0.3) is 6.08 Å². The van der Waals surface area contributed by atoms with Crippen molar-refractivity contribution in [3.05, 3.63) is 29.8 Å². The Bertz CT molecular complexity index is 305. The van der Waals surface area contributed by atoms with E-state index in [-0.39, 0.29) is 0 Å². The van der Waals surface area contributed by atoms with Gasteiger partial charge in [0.25, 0.3) is 0 Å². The van der Waals surface area contributed by atoms with Crippen molar-refractivity contribution >= 4 is 18.7 Å². The second-order valence-electron chi connectivity index (χ2n) is 2.61. The average Bonchev–Trinajstić information content (AvgIpc) is 2.03. The smallest absolute Gasteiger partial charge is 0.139 e. The molecule has 1 aromatic carbocycles. The van der Waals surface area contributed by atoms with Crippen molar-refractivity contribution in [3.8, 4) is 5.75 Å². The second kappa shape index (κ2) is 3.68. The lowest BCUT2D eigenvalue weighted by Gasteiger charge is -2.08. The molecule has 0 radical (unpaired) electrons. The first-order valence-corrected chi connectivity index (χ1v) is 4.13. The molecule has 1 nitrogen and oxygen atoms in total. The van der Waals surface area contributed by atoms with Gasteiger partial charge >= 0.3 is 0 Å². The lowest BCUT2D eigenvalue weighted by Crippen LogP contribution is -1.89. The Morgan fingerprint density at radius 3 is 2.67 bits per heavy atom. The van der Waals surface area contributed by atoms with Crippen molar-refractivity contribution in [2.24, 2.45) is 0 Å². The molecule has 0 saturated carbocycles. The highest BCUT2D eigenvalue weighted by Crippen LogP contribution is 2.29. The van der Waals surface area contributed by atoms with Gasteiger partial charge < -0.3 is 4.74 Å². The van der Waals surface area contributed by atoms with Crippen LogP contribution in [0.2, 0.25) is 0 Å². The van der Waals surface area contributed by atoms with E-state index in [1.165, 1.54) is 0 Å². The molecule has 0 aliphatic heterocycles. The van der Waals surface area contributed by atoms with Crippen molar-refractivity contribution in [3.63, 3.8) is 0 Å². The summed E-state index contributed by atoms with van der Waals surface area (Å²) in [4.78, 5) is 0.854. The van der Waals surface area contributed by atoms with E-state index in [0.717, 1.165) is 21.8 Å². The number of hydrogen-bond donors (Lipinski definition) is 1. The largest absolute Gasteiger partial charge is 0.495 e. The Labute approximate surface area is 78.5 Å². The van der Waals surface area contributed by atoms with Crippen LogP contribution < -0.4 is 4.74 Å². The SMILES string of the molecule is C=Cc1cc(C)cc(S)c1OC. The molecule has 12 heavy (non-hydrogen) atoms. The van der Waals surface area contributed by atoms with Crippen LogP contribution in [-0.4, -0.2) is 7.11 Å². The topological polar surface area (TPSA) is 9.23 Å². The van der Waals surface area contributed by atoms with Gasteiger partial charge in [-0.2, -0.15) is 0 Å². The van der Waals surface area contributed by atoms with E-state index in [4.69, 9.17) is 4.74 Å². The molecule has 0 heterocycles. The monoisotopic (exact) mass is 180 g/mol. The second-order valence-corrected chi connectivity index (χ2v) is 3.09. The maximum atomic E-state index is 5.17. The summed E-state index contributed by atoms with van der Waals surface area (Å²) in [5, 5.41) is 0. The van der Waals surface area contributed by atoms with E-state index >= 15 is 0 Å². The minimum atomic E-state index is 0.791. The molecule has 0 aromatic heterocycles. The molecular formula is C10H12OS. The first kappa shape index (κ1) is 9.20. The molecule has 1 aromatic rings. The standard InChI is InChI=1S/C10H12OS/c1-4-8-5-7(2)6-9(12)10(8)11-3/h4-6,12H,1H2,2-3H3. The maximum absolute atomic E-state index is 5.17. The summed E-state index contributed by atoms with van der Waals surface area (Å²) in [6.45, 7) is 5.73. The number of thiol groups is 1. The third-order valence-electron chi connectivity index (χ3n) is 1.67. The molecule has 0 unspecified atom stereocenters. The van der Waals surface area contributed by atoms with Gasteiger partial charge in [-0.1, -0.05) is 12.7 Å². The van der Waals surface area contributed by atoms with E-state index in [9.17, 15) is 0 Å². The molecule has 0 fully saturated rings. The van der Waals surface area contributed by atoms with Gasteiger partial charge in [-0.3, -0.25) is 0 Å². The maximum Gasteiger partial charge on any atom is 0.139 e. The van der Waals surface area contributed by atoms with Crippen LogP contribution in [0.15, 0.2) is 23.6 Å². The number of benzene rings is 1. The fourth-order valence-electron chi connectivity index (χ4n) is 1.16. The zero-order valence-electron chi connectivity index (χ0n) is 7.29. The third kappa shape index (κ3) is 1.64. The highest BCUT2D eigenvalue weighted by Gasteiger charge is 2.04. The number of methoxy groups -OCH3 is 1. The predicted octanol–water partition coefficient (Wildman–Crippen LogP) is 2.94. The highest BCUT2D eigenvalue weighted by atomic mass is 32.1. The van der Waals surface area contributed by atoms with Crippen LogP contribution in [0.3, 0.4) is 0 Å². The lowest BCUT2D eigenvalue weighted by atomic mass is 10.1. The molecule has 0 aliphatic rings. The Hall–Kier alpha value is -0.890. The van der Waals surface area contributed by atoms with Crippen LogP contribution in [0.1, 0.15) is 11.1 Å². The van der Waals surface area contributed by atoms with Crippen molar-refractivity contribution in [1.29, 1.82) is 0 Å². The molecule has 0 N–H and O–H groups in total. The van der Waals surface area contributed by atoms with Crippen molar-refractivity contribution in [2.45, 2.75) is 11.8 Å². The fraction of sp³-hybridized carbons (Fsp3) is 0.200. The normalized spacial score (nSPS) is 9.58. The molecule has 0 spiro atoms. The van der Waals surface area contributed by atoms with E-state index in [0.29, 0.717) is 0 Å². The quantitative estimate of drug-likeness (QED) is 0.688. The molecule has 0 atom stereocenters. The molecule has 0 saturated heterocycles. The molecule has 1 rings (SSSR count). The minimum Gasteiger partial charge on any atom is -0.495 e. The van der Waals surface area contributed by atoms with Crippen molar-refractivity contribution in [2.75, 3.05) is 7.11 Å². The van der Waals surface area contributed by atoms with Gasteiger partial charge in [0.1, 0.15) is 5.75 Å². The number of ether oxygens (including phenoxy) is 1. The third-order valence-corrected chi connectivity index (χ3v) is 2.00. The molecular weight excluding hydrogens is 168 g/mol. The molecule has 0 amide bonds. The Morgan fingerprint density at radius 1 is 1.50 bits per heavy atom. The summed E-state index contributed by atoms with van der Waals surface area (Å²) >= 11 is 4.30. The van der Waals surface area contributed by atoms with Gasteiger partial charge in [-0.25, -0.2) is 0 Å². The number of rotatable bonds is 2. The van der Waals surface area contributed by atoms with Gasteiger partial charge in [0.15, 0.2) is 0 Å². The number of aryl methyl sites for hydroxylation is 1. The van der Waals surface area contributed by atoms with Gasteiger partial charge in [0.05, 0.1) is 7.11 Å². The average molecular weight is 180 g/mol. The molecule has 0 aliphatic carbocycles. The Balaban J connectivity index is 3.33. The van der Waals surface area contributed by atoms with Gasteiger partial charge in [-0.15, -0.1) is 12.6 Å². The van der Waals surface area contributed by atoms with E-state index in [1.54, 1.807) is 13.2 Å². The summed E-state index contributed by atoms with van der Waals surface area (Å²) in [6.07, 6.45) is 1.77. The van der Waals surface area contributed by atoms with Crippen LogP contribution in [0, 0.1) is 6.92 Å². The van der Waals surface area contributed by atoms with Crippen LogP contribution >= 0.6 is 12.6 Å². The first-order valence-electron chi connectivity index (χ1n) is 3.69. The summed E-state index contributed by atoms with van der Waals surface area (Å²) in [7, 11) is 1.64. The first-order chi connectivity index (χ1) is 5.69. The van der Waals surface area contributed by atoms with Crippen molar-refractivity contribution < 1.29 is 4.74 Å². The Kier molecular flexibility index (Phi) is 2.82. The molecule has 0 bridgehead atoms. The zero-order valence-corrected chi connectivity index (χ0v) is 8.19. The summed E-state index contributed by atoms with van der Waals surface area (Å²) in [6, 6.07) is 3.99. The minimum absolute atomic E-state index is 0.791. The highest BCUT2D eigenvalue weighted by molar-refractivity contribution is 7.80. The van der Waals surface area contributed by atoms with Crippen LogP contribution in [0.4, 0.5) is 0 Å². The fourth-order valence-corrected chi connectivity index (χ4v) is 1.58. The Morgan fingerprint density at radius 2 is 2.17 bits per heavy atom. The molecule has 2 heteroatoms. The van der Waals surface area contributed by atoms with E-state index in [1.807, 2.05) is 19.1 Å². The van der Waals surface area contributed by atoms with Crippen molar-refractivity contribution in [1.82, 2.24) is 0 Å². The zero-order chi connectivity index (χ0) is 9.14. The van der Waals surface area contributed by atoms with Gasteiger partial charge in [0, 0.05) is 10.5 Å². The predicted molar refractivity (Wildman–Crippen MR) is 55.1 cm³/mol. The number of hydrogen-bond acceptors (Lipinski definition) is 2. The van der Waals surface area contributed by atoms with E-state index < -0.39 is 0 Å². The van der Waals surface area contributed by atoms with E-state index in [2.05, 4.69) is 19.2 Å². The van der Waals surface area contributed by atoms with Crippen LogP contribution in [-0.2, 0) is 0 Å². The summed E-state index contributed by atoms with van der Waals surface area (Å²) in [5.41, 5.74) is 2.15. The summed E-state index contributed by atoms with van der Waals surface area (Å²) in [5.74, 6) is 0.791. The lowest BCUT2D eigenvalue weighted by molar-refractivity contribution is 0.404. The molecule has 64 valence electrons. The van der Waals surface area contributed by atoms with Gasteiger partial charge in [0.2, 0.25) is 0 Å². The van der Waals surface area contributed by atoms with Crippen LogP contribution in [0.5, 0.6) is 5.75 Å².